The van der Waals surface area contributed by atoms with Crippen molar-refractivity contribution >= 4 is 28.3 Å². The second-order valence-electron chi connectivity index (χ2n) is 11.3. The van der Waals surface area contributed by atoms with Gasteiger partial charge in [-0.05, 0) is 44.3 Å². The van der Waals surface area contributed by atoms with E-state index in [1.54, 1.807) is 0 Å². The number of aromatic nitrogens is 3. The van der Waals surface area contributed by atoms with Gasteiger partial charge in [-0.1, -0.05) is 11.6 Å². The van der Waals surface area contributed by atoms with Crippen molar-refractivity contribution in [2.24, 2.45) is 0 Å². The van der Waals surface area contributed by atoms with Crippen LogP contribution in [0.4, 0.5) is 27.8 Å². The minimum Gasteiger partial charge on any atom is -0.508 e. The fourth-order valence-electron chi connectivity index (χ4n) is 6.65. The van der Waals surface area contributed by atoms with E-state index in [1.165, 1.54) is 11.1 Å². The molecule has 2 aromatic heterocycles. The van der Waals surface area contributed by atoms with Crippen molar-refractivity contribution in [3.05, 3.63) is 34.7 Å². The Morgan fingerprint density at radius 1 is 1.26 bits per heavy atom. The zero-order valence-corrected chi connectivity index (χ0v) is 22.9. The van der Waals surface area contributed by atoms with E-state index in [4.69, 9.17) is 20.5 Å². The number of anilines is 1. The number of phenolic OH excluding ortho intramolecular Hbond substituents is 1. The molecule has 224 valence electrons. The highest BCUT2D eigenvalue weighted by Crippen LogP contribution is 2.45. The molecule has 0 spiro atoms. The monoisotopic (exact) mass is 613 g/mol. The molecule has 4 atom stereocenters. The van der Waals surface area contributed by atoms with Crippen molar-refractivity contribution in [2.75, 3.05) is 37.6 Å². The normalized spacial score (nSPS) is 31.7. The predicted molar refractivity (Wildman–Crippen MR) is 145 cm³/mol. The maximum absolute atomic E-state index is 16.4. The third kappa shape index (κ3) is 4.60. The molecule has 5 fully saturated rings. The minimum atomic E-state index is -5.00. The average Bonchev–Trinajstić information content (AvgIpc) is 3.38. The van der Waals surface area contributed by atoms with Gasteiger partial charge in [-0.2, -0.15) is 23.1 Å². The van der Waals surface area contributed by atoms with E-state index in [0.29, 0.717) is 19.2 Å². The van der Waals surface area contributed by atoms with Gasteiger partial charge in [0.25, 0.3) is 0 Å². The summed E-state index contributed by atoms with van der Waals surface area (Å²) in [4.78, 5) is 16.1. The summed E-state index contributed by atoms with van der Waals surface area (Å²) in [6.45, 7) is -1.46. The van der Waals surface area contributed by atoms with Crippen molar-refractivity contribution < 1.29 is 35.9 Å². The van der Waals surface area contributed by atoms with E-state index in [9.17, 15) is 22.7 Å². The predicted octanol–water partition coefficient (Wildman–Crippen LogP) is 5.10. The molecule has 0 aliphatic carbocycles. The lowest BCUT2D eigenvalue weighted by Gasteiger charge is -2.46. The fraction of sp³-hybridized carbons (Fsp3) is 0.536. The highest BCUT2D eigenvalue weighted by Gasteiger charge is 2.49. The SMILES string of the molecule is [2H]C1([2H])CC[C@@]2(COc3nc(N4CC5CCC4CN5)c4cnc(-c5cc(O)cc(Cl)c5C(F)(F)F)c(F)c4n3)C[C@@]([2H])(F)CN12. The standard InChI is InChI=1S/C28H28ClF5N6O2/c29-20-7-17(41)6-18(21(20)28(32,33)34)23-22(31)24-19(10-36-23)25(40-12-15-2-3-16(40)9-35-15)38-26(37-24)42-13-27-4-1-5-39(27)11-14(30)8-27/h6-7,10,14-16,35,41H,1-5,8-9,11-13H2/t14-,15?,16?,27+/m1/s1/i5D2,14D. The topological polar surface area (TPSA) is 86.6 Å². The summed E-state index contributed by atoms with van der Waals surface area (Å²) in [6.07, 6.45) is -4.51. The molecule has 8 rings (SSSR count). The summed E-state index contributed by atoms with van der Waals surface area (Å²) in [7, 11) is 0. The molecule has 1 aromatic carbocycles. The quantitative estimate of drug-likeness (QED) is 0.385. The molecule has 0 amide bonds. The van der Waals surface area contributed by atoms with E-state index in [2.05, 4.69) is 20.3 Å². The minimum absolute atomic E-state index is 0.0214. The van der Waals surface area contributed by atoms with E-state index in [0.717, 1.165) is 18.9 Å². The van der Waals surface area contributed by atoms with Gasteiger partial charge < -0.3 is 20.1 Å². The van der Waals surface area contributed by atoms with Crippen LogP contribution in [-0.2, 0) is 6.18 Å². The maximum atomic E-state index is 16.4. The number of fused-ring (bicyclic) bond motifs is 5. The number of phenols is 1. The zero-order valence-electron chi connectivity index (χ0n) is 25.1. The summed E-state index contributed by atoms with van der Waals surface area (Å²) in [6, 6.07) is 1.21. The van der Waals surface area contributed by atoms with Crippen LogP contribution < -0.4 is 15.0 Å². The first-order valence-corrected chi connectivity index (χ1v) is 14.0. The molecule has 2 bridgehead atoms. The molecule has 2 N–H and O–H groups in total. The fourth-order valence-corrected chi connectivity index (χ4v) is 6.97. The molecule has 0 saturated carbocycles. The van der Waals surface area contributed by atoms with Crippen LogP contribution >= 0.6 is 11.6 Å². The van der Waals surface area contributed by atoms with Crippen molar-refractivity contribution in [1.29, 1.82) is 0 Å². The Labute approximate surface area is 247 Å². The molecular formula is C28H28ClF5N6O2. The molecule has 0 radical (unpaired) electrons. The van der Waals surface area contributed by atoms with Crippen molar-refractivity contribution in [3.8, 4) is 23.0 Å². The van der Waals surface area contributed by atoms with Gasteiger partial charge in [0.2, 0.25) is 0 Å². The third-order valence-electron chi connectivity index (χ3n) is 8.66. The number of alkyl halides is 4. The van der Waals surface area contributed by atoms with Crippen LogP contribution in [0.25, 0.3) is 22.2 Å². The first-order chi connectivity index (χ1) is 21.1. The summed E-state index contributed by atoms with van der Waals surface area (Å²) in [5.41, 5.74) is -4.46. The first kappa shape index (κ1) is 24.4. The molecule has 3 aromatic rings. The molecule has 5 aliphatic rings. The van der Waals surface area contributed by atoms with Crippen LogP contribution in [0, 0.1) is 5.82 Å². The number of ether oxygens (including phenoxy) is 1. The highest BCUT2D eigenvalue weighted by atomic mass is 35.5. The number of hydrogen-bond donors (Lipinski definition) is 2. The lowest BCUT2D eigenvalue weighted by atomic mass is 9.93. The Hall–Kier alpha value is -3.03. The smallest absolute Gasteiger partial charge is 0.418 e. The third-order valence-corrected chi connectivity index (χ3v) is 8.96. The van der Waals surface area contributed by atoms with Gasteiger partial charge in [-0.25, -0.2) is 8.78 Å². The summed E-state index contributed by atoms with van der Waals surface area (Å²) in [5.74, 6) is -1.58. The maximum Gasteiger partial charge on any atom is 0.418 e. The van der Waals surface area contributed by atoms with Crippen LogP contribution in [-0.4, -0.2) is 81.5 Å². The Bertz CT molecular complexity index is 1690. The van der Waals surface area contributed by atoms with Crippen molar-refractivity contribution in [2.45, 2.75) is 62.1 Å². The highest BCUT2D eigenvalue weighted by molar-refractivity contribution is 6.32. The molecule has 14 heteroatoms. The molecule has 5 saturated heterocycles. The summed E-state index contributed by atoms with van der Waals surface area (Å²) < 4.78 is 104. The van der Waals surface area contributed by atoms with Gasteiger partial charge in [0, 0.05) is 52.6 Å². The molecule has 42 heavy (non-hydrogen) atoms. The number of aromatic hydroxyl groups is 1. The summed E-state index contributed by atoms with van der Waals surface area (Å²) in [5, 5.41) is 12.8. The summed E-state index contributed by atoms with van der Waals surface area (Å²) >= 11 is 5.86. The number of nitrogens with one attached hydrogen (secondary N) is 1. The largest absolute Gasteiger partial charge is 0.508 e. The lowest BCUT2D eigenvalue weighted by Crippen LogP contribution is -2.61. The van der Waals surface area contributed by atoms with Gasteiger partial charge in [0.15, 0.2) is 5.82 Å². The molecule has 2 unspecified atom stereocenters. The van der Waals surface area contributed by atoms with Crippen LogP contribution in [0.3, 0.4) is 0 Å². The zero-order chi connectivity index (χ0) is 32.1. The number of benzene rings is 1. The van der Waals surface area contributed by atoms with Gasteiger partial charge in [0.1, 0.15) is 35.5 Å². The van der Waals surface area contributed by atoms with E-state index >= 15 is 4.39 Å². The molecule has 7 heterocycles. The number of piperazine rings is 1. The van der Waals surface area contributed by atoms with E-state index in [-0.39, 0.29) is 60.7 Å². The Morgan fingerprint density at radius 2 is 2.10 bits per heavy atom. The van der Waals surface area contributed by atoms with Gasteiger partial charge in [-0.3, -0.25) is 9.88 Å². The molecule has 5 aliphatic heterocycles. The first-order valence-electron chi connectivity index (χ1n) is 15.1. The molecule has 8 nitrogen and oxygen atoms in total. The van der Waals surface area contributed by atoms with Gasteiger partial charge in [0.05, 0.1) is 22.9 Å². The second kappa shape index (κ2) is 10.0. The van der Waals surface area contributed by atoms with Crippen LogP contribution in [0.2, 0.25) is 5.02 Å². The Balaban J connectivity index is 1.35. The van der Waals surface area contributed by atoms with E-state index < -0.39 is 64.3 Å². The van der Waals surface area contributed by atoms with Crippen molar-refractivity contribution in [3.63, 3.8) is 0 Å². The van der Waals surface area contributed by atoms with Crippen LogP contribution in [0.5, 0.6) is 11.8 Å². The molecular weight excluding hydrogens is 583 g/mol. The Morgan fingerprint density at radius 3 is 2.81 bits per heavy atom. The number of nitrogens with zero attached hydrogens (tertiary/aromatic N) is 5. The number of pyridine rings is 1. The van der Waals surface area contributed by atoms with Crippen molar-refractivity contribution in [1.82, 2.24) is 25.2 Å². The van der Waals surface area contributed by atoms with Gasteiger partial charge in [-0.15, -0.1) is 0 Å². The van der Waals surface area contributed by atoms with Crippen LogP contribution in [0.15, 0.2) is 18.3 Å². The number of piperidine rings is 2. The van der Waals surface area contributed by atoms with E-state index in [1.807, 2.05) is 4.90 Å². The Kier molecular flexibility index (Phi) is 5.82. The number of halogens is 6. The lowest BCUT2D eigenvalue weighted by molar-refractivity contribution is -0.137. The van der Waals surface area contributed by atoms with Gasteiger partial charge >= 0.3 is 12.2 Å². The second-order valence-corrected chi connectivity index (χ2v) is 11.7. The number of hydrogen-bond acceptors (Lipinski definition) is 8. The number of rotatable bonds is 5. The average molecular weight is 614 g/mol. The van der Waals surface area contributed by atoms with Crippen LogP contribution in [0.1, 0.15) is 41.8 Å².